The first-order chi connectivity index (χ1) is 8.22. The van der Waals surface area contributed by atoms with Gasteiger partial charge >= 0.3 is 5.97 Å². The van der Waals surface area contributed by atoms with Crippen molar-refractivity contribution in [2.45, 2.75) is 24.2 Å². The van der Waals surface area contributed by atoms with E-state index in [1.54, 1.807) is 0 Å². The van der Waals surface area contributed by atoms with Crippen LogP contribution in [0.2, 0.25) is 0 Å². The van der Waals surface area contributed by atoms with Gasteiger partial charge in [0.1, 0.15) is 6.04 Å². The summed E-state index contributed by atoms with van der Waals surface area (Å²) in [5.41, 5.74) is 0. The lowest BCUT2D eigenvalue weighted by Crippen LogP contribution is -2.38. The minimum Gasteiger partial charge on any atom is -0.480 e. The Morgan fingerprint density at radius 2 is 2.00 bits per heavy atom. The maximum atomic E-state index is 11.7. The summed E-state index contributed by atoms with van der Waals surface area (Å²) in [6.07, 6.45) is 0. The number of rotatable bonds is 5. The third-order valence-electron chi connectivity index (χ3n) is 1.62. The van der Waals surface area contributed by atoms with Gasteiger partial charge in [-0.25, -0.2) is 8.42 Å². The summed E-state index contributed by atoms with van der Waals surface area (Å²) in [5, 5.41) is 17.7. The molecule has 1 amide bonds. The molecule has 0 saturated carbocycles. The highest BCUT2D eigenvalue weighted by Crippen LogP contribution is 2.19. The van der Waals surface area contributed by atoms with Crippen LogP contribution in [-0.2, 0) is 19.6 Å². The topological polar surface area (TPSA) is 138 Å². The van der Waals surface area contributed by atoms with E-state index in [9.17, 15) is 18.0 Å². The second kappa shape index (κ2) is 5.37. The number of carboxylic acid groups (broad SMARTS) is 1. The van der Waals surface area contributed by atoms with E-state index in [-0.39, 0.29) is 5.13 Å². The van der Waals surface area contributed by atoms with Crippen molar-refractivity contribution in [3.63, 3.8) is 0 Å². The molecule has 9 nitrogen and oxygen atoms in total. The molecule has 1 atom stereocenters. The van der Waals surface area contributed by atoms with Gasteiger partial charge in [-0.05, 0) is 6.92 Å². The van der Waals surface area contributed by atoms with Gasteiger partial charge < -0.3 is 10.4 Å². The molecule has 0 spiro atoms. The zero-order valence-corrected chi connectivity index (χ0v) is 11.0. The van der Waals surface area contributed by atoms with Crippen LogP contribution < -0.4 is 10.0 Å². The van der Waals surface area contributed by atoms with Gasteiger partial charge in [0.25, 0.3) is 10.0 Å². The Kier molecular flexibility index (Phi) is 4.32. The van der Waals surface area contributed by atoms with E-state index in [4.69, 9.17) is 5.11 Å². The lowest BCUT2D eigenvalue weighted by Gasteiger charge is -2.06. The number of carbonyl (C=O) groups is 2. The van der Waals surface area contributed by atoms with Crippen LogP contribution in [0.15, 0.2) is 4.34 Å². The third-order valence-corrected chi connectivity index (χ3v) is 4.37. The molecule has 1 aromatic rings. The van der Waals surface area contributed by atoms with Gasteiger partial charge in [0.15, 0.2) is 0 Å². The van der Waals surface area contributed by atoms with E-state index in [1.165, 1.54) is 13.8 Å². The fraction of sp³-hybridized carbons (Fsp3) is 0.429. The monoisotopic (exact) mass is 294 g/mol. The molecule has 1 heterocycles. The number of carboxylic acids is 1. The van der Waals surface area contributed by atoms with Gasteiger partial charge in [0.2, 0.25) is 15.4 Å². The maximum absolute atomic E-state index is 11.7. The third kappa shape index (κ3) is 3.72. The molecule has 0 aliphatic rings. The van der Waals surface area contributed by atoms with Gasteiger partial charge in [-0.1, -0.05) is 11.3 Å². The highest BCUT2D eigenvalue weighted by molar-refractivity contribution is 7.91. The second-order valence-corrected chi connectivity index (χ2v) is 6.10. The first kappa shape index (κ1) is 14.5. The molecular formula is C7H10N4O5S2. The van der Waals surface area contributed by atoms with E-state index in [1.807, 2.05) is 4.72 Å². The molecule has 0 bridgehead atoms. The van der Waals surface area contributed by atoms with Crippen molar-refractivity contribution in [2.75, 3.05) is 5.32 Å². The Labute approximate surface area is 106 Å². The molecule has 18 heavy (non-hydrogen) atoms. The summed E-state index contributed by atoms with van der Waals surface area (Å²) in [5.74, 6) is -1.73. The fourth-order valence-electron chi connectivity index (χ4n) is 0.853. The lowest BCUT2D eigenvalue weighted by molar-refractivity contribution is -0.138. The van der Waals surface area contributed by atoms with Gasteiger partial charge in [-0.2, -0.15) is 4.72 Å². The number of nitrogens with one attached hydrogen (secondary N) is 2. The smallest absolute Gasteiger partial charge is 0.321 e. The predicted octanol–water partition coefficient (Wildman–Crippen LogP) is -0.752. The van der Waals surface area contributed by atoms with Crippen LogP contribution in [0.3, 0.4) is 0 Å². The molecule has 0 aromatic carbocycles. The molecule has 0 aliphatic heterocycles. The highest BCUT2D eigenvalue weighted by Gasteiger charge is 2.25. The Bertz CT molecular complexity index is 566. The van der Waals surface area contributed by atoms with Crippen molar-refractivity contribution < 1.29 is 23.1 Å². The first-order valence-corrected chi connectivity index (χ1v) is 6.88. The molecule has 0 saturated heterocycles. The quantitative estimate of drug-likeness (QED) is 0.607. The second-order valence-electron chi connectivity index (χ2n) is 3.24. The molecular weight excluding hydrogens is 284 g/mol. The van der Waals surface area contributed by atoms with Crippen molar-refractivity contribution in [3.05, 3.63) is 0 Å². The van der Waals surface area contributed by atoms with E-state index in [0.29, 0.717) is 11.3 Å². The average molecular weight is 294 g/mol. The summed E-state index contributed by atoms with van der Waals surface area (Å²) in [6.45, 7) is 2.41. The first-order valence-electron chi connectivity index (χ1n) is 4.58. The minimum absolute atomic E-state index is 0.0193. The average Bonchev–Trinajstić information content (AvgIpc) is 2.64. The largest absolute Gasteiger partial charge is 0.480 e. The van der Waals surface area contributed by atoms with Crippen LogP contribution in [0.5, 0.6) is 0 Å². The van der Waals surface area contributed by atoms with E-state index < -0.39 is 32.3 Å². The fourth-order valence-corrected chi connectivity index (χ4v) is 3.01. The Morgan fingerprint density at radius 3 is 2.50 bits per heavy atom. The number of nitrogens with zero attached hydrogens (tertiary/aromatic N) is 2. The Hall–Kier alpha value is -1.59. The van der Waals surface area contributed by atoms with E-state index in [0.717, 1.165) is 0 Å². The van der Waals surface area contributed by atoms with Gasteiger partial charge in [-0.3, -0.25) is 9.59 Å². The zero-order chi connectivity index (χ0) is 13.9. The van der Waals surface area contributed by atoms with Gasteiger partial charge in [-0.15, -0.1) is 10.2 Å². The molecule has 11 heteroatoms. The van der Waals surface area contributed by atoms with Crippen LogP contribution in [-0.4, -0.2) is 41.6 Å². The summed E-state index contributed by atoms with van der Waals surface area (Å²) in [7, 11) is -4.06. The summed E-state index contributed by atoms with van der Waals surface area (Å²) in [6, 6.07) is -1.29. The number of hydrogen-bond donors (Lipinski definition) is 3. The number of sulfonamides is 1. The van der Waals surface area contributed by atoms with Gasteiger partial charge in [0, 0.05) is 6.92 Å². The van der Waals surface area contributed by atoms with Crippen LogP contribution >= 0.6 is 11.3 Å². The van der Waals surface area contributed by atoms with Crippen molar-refractivity contribution in [2.24, 2.45) is 0 Å². The predicted molar refractivity (Wildman–Crippen MR) is 61.6 cm³/mol. The molecule has 1 rings (SSSR count). The number of aromatic nitrogens is 2. The number of carbonyl (C=O) groups excluding carboxylic acids is 1. The molecule has 0 unspecified atom stereocenters. The molecule has 100 valence electrons. The number of hydrogen-bond acceptors (Lipinski definition) is 7. The van der Waals surface area contributed by atoms with Crippen molar-refractivity contribution in [1.82, 2.24) is 14.9 Å². The summed E-state index contributed by atoms with van der Waals surface area (Å²) < 4.78 is 24.8. The van der Waals surface area contributed by atoms with Crippen molar-refractivity contribution in [3.8, 4) is 0 Å². The van der Waals surface area contributed by atoms with Crippen molar-refractivity contribution >= 4 is 38.4 Å². The van der Waals surface area contributed by atoms with Crippen LogP contribution in [0, 0.1) is 0 Å². The number of aliphatic carboxylic acids is 1. The van der Waals surface area contributed by atoms with E-state index >= 15 is 0 Å². The highest BCUT2D eigenvalue weighted by atomic mass is 32.2. The molecule has 0 radical (unpaired) electrons. The maximum Gasteiger partial charge on any atom is 0.321 e. The Balaban J connectivity index is 2.89. The van der Waals surface area contributed by atoms with Crippen molar-refractivity contribution in [1.29, 1.82) is 0 Å². The van der Waals surface area contributed by atoms with Crippen LogP contribution in [0.4, 0.5) is 5.13 Å². The summed E-state index contributed by atoms with van der Waals surface area (Å²) in [4.78, 5) is 21.3. The standard InChI is InChI=1S/C7H10N4O5S2/c1-3(5(13)14)11-18(15,16)7-10-9-6(17-7)8-4(2)12/h3,11H,1-2H3,(H,13,14)(H,8,9,12)/t3-/m0/s1. The zero-order valence-electron chi connectivity index (χ0n) is 9.37. The SMILES string of the molecule is CC(=O)Nc1nnc(S(=O)(=O)N[C@@H](C)C(=O)O)s1. The molecule has 0 aliphatic carbocycles. The Morgan fingerprint density at radius 1 is 1.39 bits per heavy atom. The summed E-state index contributed by atoms with van der Waals surface area (Å²) >= 11 is 0.624. The lowest BCUT2D eigenvalue weighted by atomic mass is 10.4. The molecule has 3 N–H and O–H groups in total. The molecule has 1 aromatic heterocycles. The number of anilines is 1. The number of amides is 1. The van der Waals surface area contributed by atoms with E-state index in [2.05, 4.69) is 15.5 Å². The van der Waals surface area contributed by atoms with Crippen LogP contribution in [0.25, 0.3) is 0 Å². The molecule has 0 fully saturated rings. The van der Waals surface area contributed by atoms with Crippen LogP contribution in [0.1, 0.15) is 13.8 Å². The normalized spacial score (nSPS) is 13.0. The minimum atomic E-state index is -4.06. The van der Waals surface area contributed by atoms with Gasteiger partial charge in [0.05, 0.1) is 0 Å².